The molecule has 0 atom stereocenters. The van der Waals surface area contributed by atoms with Crippen LogP contribution in [-0.4, -0.2) is 53.2 Å². The fraction of sp³-hybridized carbons (Fsp3) is 0.357. The largest absolute Gasteiger partial charge is 0.497 e. The summed E-state index contributed by atoms with van der Waals surface area (Å²) in [7, 11) is 3.74. The summed E-state index contributed by atoms with van der Waals surface area (Å²) in [5.41, 5.74) is 3.67. The van der Waals surface area contributed by atoms with Gasteiger partial charge in [-0.3, -0.25) is 9.78 Å². The van der Waals surface area contributed by atoms with Gasteiger partial charge in [-0.25, -0.2) is 0 Å². The molecular formula is C28H31N5O3. The van der Waals surface area contributed by atoms with Crippen LogP contribution in [0, 0.1) is 13.8 Å². The lowest BCUT2D eigenvalue weighted by molar-refractivity contribution is 0.0930. The second kappa shape index (κ2) is 9.70. The number of ether oxygens (including phenoxy) is 1. The molecule has 0 unspecified atom stereocenters. The number of benzene rings is 2. The topological polar surface area (TPSA) is 93.4 Å². The minimum atomic E-state index is -0.459. The number of carbonyl (C=O) groups excluding carboxylic acids is 1. The highest BCUT2D eigenvalue weighted by Crippen LogP contribution is 2.49. The Bertz CT molecular complexity index is 1410. The SMILES string of the molecule is CN1CCC1.COc1ccc(C)c(C(=O)NC2(c3cc(-c4nnc(C)o4)cc4ncccc34)CC2)c1. The van der Waals surface area contributed by atoms with Gasteiger partial charge >= 0.3 is 0 Å². The molecule has 1 amide bonds. The predicted octanol–water partition coefficient (Wildman–Crippen LogP) is 4.65. The summed E-state index contributed by atoms with van der Waals surface area (Å²) < 4.78 is 11.0. The summed E-state index contributed by atoms with van der Waals surface area (Å²) in [6.45, 7) is 6.32. The Balaban J connectivity index is 0.000000477. The summed E-state index contributed by atoms with van der Waals surface area (Å²) in [6, 6.07) is 13.4. The molecule has 2 aliphatic rings. The molecule has 2 aromatic carbocycles. The van der Waals surface area contributed by atoms with Crippen LogP contribution in [0.5, 0.6) is 5.75 Å². The Morgan fingerprint density at radius 1 is 1.11 bits per heavy atom. The van der Waals surface area contributed by atoms with Gasteiger partial charge in [0.25, 0.3) is 5.91 Å². The fourth-order valence-corrected chi connectivity index (χ4v) is 4.43. The number of rotatable bonds is 5. The number of carbonyl (C=O) groups is 1. The van der Waals surface area contributed by atoms with E-state index in [9.17, 15) is 4.79 Å². The van der Waals surface area contributed by atoms with E-state index in [1.807, 2.05) is 43.3 Å². The van der Waals surface area contributed by atoms with Crippen LogP contribution < -0.4 is 10.1 Å². The summed E-state index contributed by atoms with van der Waals surface area (Å²) in [5, 5.41) is 12.4. The van der Waals surface area contributed by atoms with E-state index in [1.165, 1.54) is 19.5 Å². The maximum absolute atomic E-state index is 13.2. The molecule has 1 aliphatic carbocycles. The lowest BCUT2D eigenvalue weighted by Gasteiger charge is -2.24. The van der Waals surface area contributed by atoms with Crippen molar-refractivity contribution < 1.29 is 13.9 Å². The van der Waals surface area contributed by atoms with Crippen molar-refractivity contribution in [3.63, 3.8) is 0 Å². The van der Waals surface area contributed by atoms with Crippen molar-refractivity contribution in [2.75, 3.05) is 27.2 Å². The fourth-order valence-electron chi connectivity index (χ4n) is 4.43. The zero-order valence-electron chi connectivity index (χ0n) is 21.2. The number of nitrogens with zero attached hydrogens (tertiary/aromatic N) is 4. The number of likely N-dealkylation sites (tertiary alicyclic amines) is 1. The molecule has 4 aromatic rings. The molecule has 1 saturated carbocycles. The molecule has 0 radical (unpaired) electrons. The zero-order chi connectivity index (χ0) is 25.3. The van der Waals surface area contributed by atoms with Gasteiger partial charge in [0, 0.05) is 29.6 Å². The van der Waals surface area contributed by atoms with Crippen molar-refractivity contribution in [3.05, 3.63) is 71.2 Å². The Morgan fingerprint density at radius 2 is 1.89 bits per heavy atom. The summed E-state index contributed by atoms with van der Waals surface area (Å²) in [5.74, 6) is 1.48. The smallest absolute Gasteiger partial charge is 0.252 e. The highest BCUT2D eigenvalue weighted by molar-refractivity contribution is 5.97. The van der Waals surface area contributed by atoms with E-state index in [-0.39, 0.29) is 5.91 Å². The molecule has 8 nitrogen and oxygen atoms in total. The Kier molecular flexibility index (Phi) is 6.45. The van der Waals surface area contributed by atoms with E-state index in [1.54, 1.807) is 26.3 Å². The number of amides is 1. The number of hydrogen-bond donors (Lipinski definition) is 1. The number of hydrogen-bond acceptors (Lipinski definition) is 7. The van der Waals surface area contributed by atoms with Gasteiger partial charge in [-0.1, -0.05) is 12.1 Å². The van der Waals surface area contributed by atoms with E-state index in [0.29, 0.717) is 23.1 Å². The molecule has 36 heavy (non-hydrogen) atoms. The maximum Gasteiger partial charge on any atom is 0.252 e. The molecule has 186 valence electrons. The molecule has 2 aromatic heterocycles. The van der Waals surface area contributed by atoms with Crippen molar-refractivity contribution in [3.8, 4) is 17.2 Å². The van der Waals surface area contributed by atoms with Crippen molar-refractivity contribution >= 4 is 16.8 Å². The third-order valence-corrected chi connectivity index (χ3v) is 6.88. The third kappa shape index (κ3) is 4.81. The summed E-state index contributed by atoms with van der Waals surface area (Å²) >= 11 is 0. The van der Waals surface area contributed by atoms with Gasteiger partial charge in [0.2, 0.25) is 11.8 Å². The number of nitrogens with one attached hydrogen (secondary N) is 1. The Hall–Kier alpha value is -3.78. The first-order chi connectivity index (χ1) is 17.4. The van der Waals surface area contributed by atoms with Gasteiger partial charge in [0.15, 0.2) is 0 Å². The molecule has 1 aliphatic heterocycles. The lowest BCUT2D eigenvalue weighted by atomic mass is 9.95. The van der Waals surface area contributed by atoms with Gasteiger partial charge < -0.3 is 19.4 Å². The maximum atomic E-state index is 13.2. The first kappa shape index (κ1) is 23.9. The van der Waals surface area contributed by atoms with Gasteiger partial charge in [0.05, 0.1) is 18.2 Å². The molecule has 8 heteroatoms. The van der Waals surface area contributed by atoms with Crippen LogP contribution in [0.3, 0.4) is 0 Å². The molecule has 0 bridgehead atoms. The monoisotopic (exact) mass is 485 g/mol. The minimum Gasteiger partial charge on any atom is -0.497 e. The molecule has 0 spiro atoms. The van der Waals surface area contributed by atoms with Gasteiger partial charge in [-0.2, -0.15) is 0 Å². The number of fused-ring (bicyclic) bond motifs is 1. The summed E-state index contributed by atoms with van der Waals surface area (Å²) in [6.07, 6.45) is 4.86. The van der Waals surface area contributed by atoms with Crippen molar-refractivity contribution in [2.45, 2.75) is 38.6 Å². The normalized spacial score (nSPS) is 16.0. The first-order valence-corrected chi connectivity index (χ1v) is 12.2. The summed E-state index contributed by atoms with van der Waals surface area (Å²) in [4.78, 5) is 20.1. The van der Waals surface area contributed by atoms with Crippen LogP contribution in [0.2, 0.25) is 0 Å². The zero-order valence-corrected chi connectivity index (χ0v) is 21.2. The highest BCUT2D eigenvalue weighted by Gasteiger charge is 2.47. The molecular weight excluding hydrogens is 454 g/mol. The van der Waals surface area contributed by atoms with Gasteiger partial charge in [-0.05, 0) is 87.8 Å². The van der Waals surface area contributed by atoms with E-state index in [4.69, 9.17) is 9.15 Å². The molecule has 6 rings (SSSR count). The number of pyridine rings is 1. The highest BCUT2D eigenvalue weighted by atomic mass is 16.5. The van der Waals surface area contributed by atoms with Crippen LogP contribution in [0.25, 0.3) is 22.4 Å². The van der Waals surface area contributed by atoms with Crippen molar-refractivity contribution in [2.24, 2.45) is 0 Å². The number of aromatic nitrogens is 3. The van der Waals surface area contributed by atoms with E-state index >= 15 is 0 Å². The predicted molar refractivity (Wildman–Crippen MR) is 138 cm³/mol. The quantitative estimate of drug-likeness (QED) is 0.440. The van der Waals surface area contributed by atoms with Crippen molar-refractivity contribution in [1.82, 2.24) is 25.4 Å². The van der Waals surface area contributed by atoms with Crippen LogP contribution in [0.4, 0.5) is 0 Å². The Labute approximate surface area is 210 Å². The molecule has 1 saturated heterocycles. The van der Waals surface area contributed by atoms with Crippen molar-refractivity contribution in [1.29, 1.82) is 0 Å². The van der Waals surface area contributed by atoms with E-state index < -0.39 is 5.54 Å². The molecule has 2 fully saturated rings. The average Bonchev–Trinajstić information content (AvgIpc) is 3.52. The second-order valence-corrected chi connectivity index (χ2v) is 9.59. The average molecular weight is 486 g/mol. The third-order valence-electron chi connectivity index (χ3n) is 6.88. The minimum absolute atomic E-state index is 0.120. The first-order valence-electron chi connectivity index (χ1n) is 12.2. The van der Waals surface area contributed by atoms with Crippen LogP contribution >= 0.6 is 0 Å². The van der Waals surface area contributed by atoms with Crippen LogP contribution in [-0.2, 0) is 5.54 Å². The molecule has 1 N–H and O–H groups in total. The van der Waals surface area contributed by atoms with E-state index in [0.717, 1.165) is 40.4 Å². The standard InChI is InChI=1S/C24H22N4O3.C4H9N/c1-14-6-7-17(30-3)13-19(14)22(29)26-24(8-9-24)20-11-16(23-28-27-15(2)31-23)12-21-18(20)5-4-10-25-21;1-5-3-2-4-5/h4-7,10-13H,8-9H2,1-3H3,(H,26,29);2-4H2,1H3. The number of aryl methyl sites for hydroxylation is 2. The van der Waals surface area contributed by atoms with Crippen LogP contribution in [0.15, 0.2) is 53.1 Å². The van der Waals surface area contributed by atoms with E-state index in [2.05, 4.69) is 32.4 Å². The molecule has 3 heterocycles. The van der Waals surface area contributed by atoms with Gasteiger partial charge in [-0.15, -0.1) is 10.2 Å². The second-order valence-electron chi connectivity index (χ2n) is 9.59. The van der Waals surface area contributed by atoms with Gasteiger partial charge in [0.1, 0.15) is 5.75 Å². The lowest BCUT2D eigenvalue weighted by Crippen LogP contribution is -2.35. The Morgan fingerprint density at radius 3 is 2.50 bits per heavy atom. The van der Waals surface area contributed by atoms with Crippen LogP contribution in [0.1, 0.15) is 46.6 Å². The number of methoxy groups -OCH3 is 1.